The highest BCUT2D eigenvalue weighted by atomic mass is 16.1. The van der Waals surface area contributed by atoms with Gasteiger partial charge in [0.05, 0.1) is 0 Å². The Morgan fingerprint density at radius 2 is 2.00 bits per heavy atom. The van der Waals surface area contributed by atoms with Gasteiger partial charge in [-0.15, -0.1) is 0 Å². The Bertz CT molecular complexity index is 500. The Morgan fingerprint density at radius 3 is 2.61 bits per heavy atom. The number of rotatable bonds is 3. The lowest BCUT2D eigenvalue weighted by Crippen LogP contribution is -2.27. The average Bonchev–Trinajstić information content (AvgIpc) is 2.51. The van der Waals surface area contributed by atoms with Crippen LogP contribution in [-0.4, -0.2) is 12.3 Å². The van der Waals surface area contributed by atoms with Crippen molar-refractivity contribution >= 4 is 11.5 Å². The van der Waals surface area contributed by atoms with Gasteiger partial charge in [0.2, 0.25) is 0 Å². The summed E-state index contributed by atoms with van der Waals surface area (Å²) in [7, 11) is 0. The summed E-state index contributed by atoms with van der Waals surface area (Å²) in [6.07, 6.45) is 2.86. The molecular weight excluding hydrogens is 222 g/mol. The first-order valence-corrected chi connectivity index (χ1v) is 6.58. The number of ketones is 1. The molecule has 0 bridgehead atoms. The Balaban J connectivity index is 2.59. The third kappa shape index (κ3) is 1.96. The standard InChI is InChI=1S/C16H21NO/c1-5-10-17-14-9-7-6-8-13(14)16(3,4)15(17)11-12(2)18/h6-9,11H,5,10H2,1-4H3. The molecule has 0 aromatic heterocycles. The summed E-state index contributed by atoms with van der Waals surface area (Å²) in [6.45, 7) is 9.13. The van der Waals surface area contributed by atoms with Gasteiger partial charge in [-0.2, -0.15) is 0 Å². The summed E-state index contributed by atoms with van der Waals surface area (Å²) in [4.78, 5) is 13.8. The molecule has 2 rings (SSSR count). The number of para-hydroxylation sites is 1. The Morgan fingerprint density at radius 1 is 1.33 bits per heavy atom. The van der Waals surface area contributed by atoms with Crippen molar-refractivity contribution in [2.24, 2.45) is 0 Å². The number of carbonyl (C=O) groups is 1. The lowest BCUT2D eigenvalue weighted by Gasteiger charge is -2.26. The molecule has 0 spiro atoms. The summed E-state index contributed by atoms with van der Waals surface area (Å²) in [6, 6.07) is 8.45. The monoisotopic (exact) mass is 243 g/mol. The Labute approximate surface area is 109 Å². The maximum Gasteiger partial charge on any atom is 0.154 e. The molecule has 0 N–H and O–H groups in total. The van der Waals surface area contributed by atoms with Crippen LogP contribution in [0.4, 0.5) is 5.69 Å². The highest BCUT2D eigenvalue weighted by Gasteiger charge is 2.39. The topological polar surface area (TPSA) is 20.3 Å². The summed E-state index contributed by atoms with van der Waals surface area (Å²) in [5.74, 6) is 0.118. The fraction of sp³-hybridized carbons (Fsp3) is 0.438. The molecule has 0 aliphatic carbocycles. The molecule has 1 aromatic carbocycles. The zero-order chi connectivity index (χ0) is 13.3. The third-order valence-electron chi connectivity index (χ3n) is 3.59. The van der Waals surface area contributed by atoms with E-state index in [1.54, 1.807) is 13.0 Å². The zero-order valence-corrected chi connectivity index (χ0v) is 11.7. The molecule has 0 radical (unpaired) electrons. The van der Waals surface area contributed by atoms with Crippen molar-refractivity contribution in [1.29, 1.82) is 0 Å². The Hall–Kier alpha value is -1.57. The number of fused-ring (bicyclic) bond motifs is 1. The first-order valence-electron chi connectivity index (χ1n) is 6.58. The largest absolute Gasteiger partial charge is 0.344 e. The first-order chi connectivity index (χ1) is 8.48. The molecule has 0 unspecified atom stereocenters. The van der Waals surface area contributed by atoms with Gasteiger partial charge in [0.25, 0.3) is 0 Å². The van der Waals surface area contributed by atoms with Crippen molar-refractivity contribution in [1.82, 2.24) is 0 Å². The van der Waals surface area contributed by atoms with Gasteiger partial charge in [-0.3, -0.25) is 4.79 Å². The first kappa shape index (κ1) is 12.9. The second-order valence-corrected chi connectivity index (χ2v) is 5.43. The lowest BCUT2D eigenvalue weighted by atomic mass is 9.83. The van der Waals surface area contributed by atoms with Crippen LogP contribution in [0.2, 0.25) is 0 Å². The second-order valence-electron chi connectivity index (χ2n) is 5.43. The predicted molar refractivity (Wildman–Crippen MR) is 75.9 cm³/mol. The van der Waals surface area contributed by atoms with E-state index in [-0.39, 0.29) is 11.2 Å². The molecular formula is C16H21NO. The highest BCUT2D eigenvalue weighted by Crippen LogP contribution is 2.47. The van der Waals surface area contributed by atoms with Crippen LogP contribution in [0, 0.1) is 0 Å². The molecule has 1 aromatic rings. The molecule has 1 aliphatic rings. The Kier molecular flexibility index (Phi) is 3.29. The maximum atomic E-state index is 11.5. The van der Waals surface area contributed by atoms with Crippen LogP contribution in [0.3, 0.4) is 0 Å². The smallest absolute Gasteiger partial charge is 0.154 e. The average molecular weight is 243 g/mol. The quantitative estimate of drug-likeness (QED) is 0.755. The predicted octanol–water partition coefficient (Wildman–Crippen LogP) is 3.67. The van der Waals surface area contributed by atoms with E-state index in [9.17, 15) is 4.79 Å². The molecule has 2 nitrogen and oxygen atoms in total. The van der Waals surface area contributed by atoms with E-state index in [0.717, 1.165) is 18.7 Å². The minimum absolute atomic E-state index is 0.0859. The van der Waals surface area contributed by atoms with Crippen LogP contribution >= 0.6 is 0 Å². The van der Waals surface area contributed by atoms with E-state index in [2.05, 4.69) is 49.9 Å². The van der Waals surface area contributed by atoms with E-state index < -0.39 is 0 Å². The lowest BCUT2D eigenvalue weighted by molar-refractivity contribution is -0.112. The molecule has 1 aliphatic heterocycles. The van der Waals surface area contributed by atoms with E-state index in [4.69, 9.17) is 0 Å². The molecule has 1 heterocycles. The normalized spacial score (nSPS) is 19.1. The second kappa shape index (κ2) is 4.60. The van der Waals surface area contributed by atoms with E-state index in [1.807, 2.05) is 0 Å². The van der Waals surface area contributed by atoms with Crippen LogP contribution < -0.4 is 4.90 Å². The number of allylic oxidation sites excluding steroid dienone is 2. The number of nitrogens with zero attached hydrogens (tertiary/aromatic N) is 1. The molecule has 0 saturated heterocycles. The molecule has 0 atom stereocenters. The van der Waals surface area contributed by atoms with Crippen molar-refractivity contribution in [2.75, 3.05) is 11.4 Å². The zero-order valence-electron chi connectivity index (χ0n) is 11.7. The van der Waals surface area contributed by atoms with Gasteiger partial charge in [-0.1, -0.05) is 39.0 Å². The van der Waals surface area contributed by atoms with Crippen LogP contribution in [0.25, 0.3) is 0 Å². The van der Waals surface area contributed by atoms with E-state index >= 15 is 0 Å². The van der Waals surface area contributed by atoms with Gasteiger partial charge < -0.3 is 4.90 Å². The van der Waals surface area contributed by atoms with Gasteiger partial charge in [0, 0.05) is 29.4 Å². The maximum absolute atomic E-state index is 11.5. The van der Waals surface area contributed by atoms with E-state index in [1.165, 1.54) is 11.3 Å². The molecule has 0 amide bonds. The van der Waals surface area contributed by atoms with Gasteiger partial charge in [0.15, 0.2) is 5.78 Å². The van der Waals surface area contributed by atoms with Crippen molar-refractivity contribution in [3.8, 4) is 0 Å². The van der Waals surface area contributed by atoms with Crippen molar-refractivity contribution in [2.45, 2.75) is 39.5 Å². The number of anilines is 1. The molecule has 0 saturated carbocycles. The van der Waals surface area contributed by atoms with Gasteiger partial charge in [-0.05, 0) is 25.0 Å². The summed E-state index contributed by atoms with van der Waals surface area (Å²) >= 11 is 0. The number of benzene rings is 1. The number of hydrogen-bond donors (Lipinski definition) is 0. The van der Waals surface area contributed by atoms with Crippen molar-refractivity contribution in [3.05, 3.63) is 41.6 Å². The number of hydrogen-bond acceptors (Lipinski definition) is 2. The molecule has 2 heteroatoms. The fourth-order valence-corrected chi connectivity index (χ4v) is 2.76. The molecule has 96 valence electrons. The number of carbonyl (C=O) groups excluding carboxylic acids is 1. The van der Waals surface area contributed by atoms with Crippen molar-refractivity contribution in [3.63, 3.8) is 0 Å². The van der Waals surface area contributed by atoms with Gasteiger partial charge in [-0.25, -0.2) is 0 Å². The van der Waals surface area contributed by atoms with Crippen LogP contribution in [0.1, 0.15) is 39.7 Å². The van der Waals surface area contributed by atoms with Crippen LogP contribution in [-0.2, 0) is 10.2 Å². The SMILES string of the molecule is CCCN1C(=CC(C)=O)C(C)(C)c2ccccc21. The third-order valence-corrected chi connectivity index (χ3v) is 3.59. The highest BCUT2D eigenvalue weighted by molar-refractivity contribution is 5.90. The minimum Gasteiger partial charge on any atom is -0.344 e. The molecule has 0 fully saturated rings. The fourth-order valence-electron chi connectivity index (χ4n) is 2.76. The summed E-state index contributed by atoms with van der Waals surface area (Å²) in [5.41, 5.74) is 3.60. The van der Waals surface area contributed by atoms with E-state index in [0.29, 0.717) is 0 Å². The van der Waals surface area contributed by atoms with Gasteiger partial charge in [0.1, 0.15) is 0 Å². The van der Waals surface area contributed by atoms with Crippen molar-refractivity contribution < 1.29 is 4.79 Å². The van der Waals surface area contributed by atoms with Crippen LogP contribution in [0.5, 0.6) is 0 Å². The molecule has 18 heavy (non-hydrogen) atoms. The van der Waals surface area contributed by atoms with Crippen LogP contribution in [0.15, 0.2) is 36.0 Å². The summed E-state index contributed by atoms with van der Waals surface area (Å²) < 4.78 is 0. The minimum atomic E-state index is -0.0859. The summed E-state index contributed by atoms with van der Waals surface area (Å²) in [5, 5.41) is 0. The van der Waals surface area contributed by atoms with Gasteiger partial charge >= 0.3 is 0 Å².